The van der Waals surface area contributed by atoms with Crippen LogP contribution in [0.5, 0.6) is 11.5 Å². The van der Waals surface area contributed by atoms with Gasteiger partial charge in [0.2, 0.25) is 0 Å². The zero-order valence-electron chi connectivity index (χ0n) is 22.6. The van der Waals surface area contributed by atoms with E-state index in [1.54, 1.807) is 14.2 Å². The molecule has 2 nitrogen and oxygen atoms in total. The Labute approximate surface area is 247 Å². The quantitative estimate of drug-likeness (QED) is 0.176. The number of hydrogen-bond acceptors (Lipinski definition) is 2. The van der Waals surface area contributed by atoms with Crippen LogP contribution in [0.1, 0.15) is 42.3 Å². The molecule has 41 heavy (non-hydrogen) atoms. The first kappa shape index (κ1) is 27.3. The fourth-order valence-electron chi connectivity index (χ4n) is 3.76. The summed E-state index contributed by atoms with van der Waals surface area (Å²) in [5.74, 6) is 28.5. The van der Waals surface area contributed by atoms with Gasteiger partial charge in [0.05, 0.1) is 0 Å². The monoisotopic (exact) mass is 592 g/mol. The third-order valence-corrected chi connectivity index (χ3v) is 8.08. The normalized spacial score (nSPS) is 9.41. The molecule has 0 radical (unpaired) electrons. The van der Waals surface area contributed by atoms with Crippen molar-refractivity contribution in [1.82, 2.24) is 0 Å². The van der Waals surface area contributed by atoms with E-state index in [-0.39, 0.29) is 14.5 Å². The SMILES string of the molecule is COc1ccc(C#Cc2c(C#Cc3ccccc3)[se]c(C#Cc3ccccc3)c2C#Cc2ccc(OC)cc2)cc1. The molecular formula is C38H24O2Se. The molecule has 0 aliphatic carbocycles. The molecule has 1 aromatic heterocycles. The summed E-state index contributed by atoms with van der Waals surface area (Å²) in [6.07, 6.45) is 0. The van der Waals surface area contributed by atoms with E-state index in [9.17, 15) is 0 Å². The van der Waals surface area contributed by atoms with Crippen LogP contribution in [0.15, 0.2) is 109 Å². The second kappa shape index (κ2) is 13.7. The molecule has 0 fully saturated rings. The Morgan fingerprint density at radius 3 is 1.10 bits per heavy atom. The van der Waals surface area contributed by atoms with Gasteiger partial charge in [-0.3, -0.25) is 0 Å². The average Bonchev–Trinajstić information content (AvgIpc) is 3.38. The van der Waals surface area contributed by atoms with E-state index in [1.807, 2.05) is 109 Å². The summed E-state index contributed by atoms with van der Waals surface area (Å²) in [4.78, 5) is 0. The van der Waals surface area contributed by atoms with Crippen molar-refractivity contribution in [2.24, 2.45) is 0 Å². The molecule has 0 bridgehead atoms. The Bertz CT molecular complexity index is 1750. The van der Waals surface area contributed by atoms with Crippen molar-refractivity contribution in [1.29, 1.82) is 0 Å². The molecule has 0 saturated heterocycles. The maximum atomic E-state index is 5.30. The van der Waals surface area contributed by atoms with Gasteiger partial charge >= 0.3 is 249 Å². The van der Waals surface area contributed by atoms with Crippen LogP contribution in [0.4, 0.5) is 0 Å². The van der Waals surface area contributed by atoms with Gasteiger partial charge in [0, 0.05) is 0 Å². The van der Waals surface area contributed by atoms with Crippen molar-refractivity contribution in [2.45, 2.75) is 0 Å². The summed E-state index contributed by atoms with van der Waals surface area (Å²) >= 11 is -0.141. The van der Waals surface area contributed by atoms with Gasteiger partial charge in [-0.25, -0.2) is 0 Å². The molecule has 5 aromatic rings. The van der Waals surface area contributed by atoms with E-state index < -0.39 is 0 Å². The summed E-state index contributed by atoms with van der Waals surface area (Å²) in [5.41, 5.74) is 5.34. The molecule has 0 unspecified atom stereocenters. The van der Waals surface area contributed by atoms with Gasteiger partial charge in [0.1, 0.15) is 0 Å². The topological polar surface area (TPSA) is 18.5 Å². The summed E-state index contributed by atoms with van der Waals surface area (Å²) < 4.78 is 12.5. The first-order valence-corrected chi connectivity index (χ1v) is 14.6. The van der Waals surface area contributed by atoms with Crippen LogP contribution in [0, 0.1) is 47.4 Å². The summed E-state index contributed by atoms with van der Waals surface area (Å²) in [6.45, 7) is 0. The van der Waals surface area contributed by atoms with Crippen LogP contribution in [0.25, 0.3) is 0 Å². The van der Waals surface area contributed by atoms with E-state index in [0.29, 0.717) is 0 Å². The van der Waals surface area contributed by atoms with Gasteiger partial charge in [-0.1, -0.05) is 0 Å². The molecule has 5 rings (SSSR count). The predicted octanol–water partition coefficient (Wildman–Crippen LogP) is 6.36. The zero-order chi connectivity index (χ0) is 28.3. The molecule has 4 aromatic carbocycles. The van der Waals surface area contributed by atoms with Crippen LogP contribution >= 0.6 is 0 Å². The molecule has 0 aliphatic rings. The first-order chi connectivity index (χ1) is 20.2. The Kier molecular flexibility index (Phi) is 9.11. The molecule has 1 heterocycles. The Balaban J connectivity index is 1.67. The molecule has 194 valence electrons. The second-order valence-electron chi connectivity index (χ2n) is 8.70. The van der Waals surface area contributed by atoms with E-state index in [1.165, 1.54) is 0 Å². The van der Waals surface area contributed by atoms with Crippen molar-refractivity contribution < 1.29 is 9.47 Å². The van der Waals surface area contributed by atoms with Gasteiger partial charge in [-0.2, -0.15) is 0 Å². The Morgan fingerprint density at radius 1 is 0.390 bits per heavy atom. The van der Waals surface area contributed by atoms with E-state index >= 15 is 0 Å². The summed E-state index contributed by atoms with van der Waals surface area (Å²) in [5, 5.41) is 0. The Hall–Kier alpha value is -5.28. The predicted molar refractivity (Wildman–Crippen MR) is 166 cm³/mol. The first-order valence-electron chi connectivity index (χ1n) is 12.8. The van der Waals surface area contributed by atoms with Crippen molar-refractivity contribution >= 4 is 14.5 Å². The van der Waals surface area contributed by atoms with Gasteiger partial charge in [-0.15, -0.1) is 0 Å². The van der Waals surface area contributed by atoms with E-state index in [4.69, 9.17) is 9.47 Å². The molecule has 0 N–H and O–H groups in total. The number of methoxy groups -OCH3 is 2. The van der Waals surface area contributed by atoms with Crippen molar-refractivity contribution in [3.8, 4) is 58.9 Å². The van der Waals surface area contributed by atoms with Gasteiger partial charge in [-0.05, 0) is 0 Å². The maximum absolute atomic E-state index is 5.30. The number of hydrogen-bond donors (Lipinski definition) is 0. The molecule has 0 amide bonds. The van der Waals surface area contributed by atoms with Crippen molar-refractivity contribution in [2.75, 3.05) is 14.2 Å². The third-order valence-electron chi connectivity index (χ3n) is 5.94. The van der Waals surface area contributed by atoms with Crippen LogP contribution in [0.2, 0.25) is 0 Å². The fraction of sp³-hybridized carbons (Fsp3) is 0.0526. The number of ether oxygens (including phenoxy) is 2. The summed E-state index contributed by atoms with van der Waals surface area (Å²) in [6, 6.07) is 35.4. The Morgan fingerprint density at radius 2 is 0.732 bits per heavy atom. The number of benzene rings is 4. The molecule has 0 atom stereocenters. The van der Waals surface area contributed by atoms with Gasteiger partial charge in [0.15, 0.2) is 0 Å². The van der Waals surface area contributed by atoms with Crippen LogP contribution in [-0.4, -0.2) is 28.7 Å². The van der Waals surface area contributed by atoms with E-state index in [2.05, 4.69) is 47.4 Å². The minimum absolute atomic E-state index is 0.141. The summed E-state index contributed by atoms with van der Waals surface area (Å²) in [7, 11) is 3.31. The van der Waals surface area contributed by atoms with Gasteiger partial charge < -0.3 is 0 Å². The zero-order valence-corrected chi connectivity index (χ0v) is 24.3. The van der Waals surface area contributed by atoms with Crippen LogP contribution in [0.3, 0.4) is 0 Å². The molecule has 3 heteroatoms. The number of rotatable bonds is 2. The molecule has 0 spiro atoms. The second-order valence-corrected chi connectivity index (χ2v) is 10.8. The van der Waals surface area contributed by atoms with Crippen molar-refractivity contribution in [3.63, 3.8) is 0 Å². The van der Waals surface area contributed by atoms with Crippen LogP contribution < -0.4 is 9.47 Å². The standard InChI is InChI=1S/C38H24O2Se/c1-39-33-21-13-31(14-22-33)17-25-35-36(26-18-32-15-23-34(40-2)24-16-32)38(28-20-30-11-7-4-8-12-30)41-37(35)27-19-29-9-5-3-6-10-29/h3-16,21-24H,1-2H3. The molecular weight excluding hydrogens is 567 g/mol. The van der Waals surface area contributed by atoms with Crippen molar-refractivity contribution in [3.05, 3.63) is 151 Å². The average molecular weight is 592 g/mol. The fourth-order valence-corrected chi connectivity index (χ4v) is 5.69. The molecule has 0 saturated carbocycles. The van der Waals surface area contributed by atoms with Crippen LogP contribution in [-0.2, 0) is 0 Å². The third kappa shape index (κ3) is 7.43. The molecule has 0 aliphatic heterocycles. The van der Waals surface area contributed by atoms with E-state index in [0.717, 1.165) is 53.8 Å². The minimum atomic E-state index is -0.141. The van der Waals surface area contributed by atoms with Gasteiger partial charge in [0.25, 0.3) is 0 Å².